The topological polar surface area (TPSA) is 18.8 Å². The smallest absolute Gasteiger partial charge is 0.200 e. The molecular formula is C10H21N3. The first-order chi connectivity index (χ1) is 5.99. The SMILES string of the molecule is C=CN=C(N(C)C)N(C)CC(C)C. The highest BCUT2D eigenvalue weighted by Crippen LogP contribution is 1.99. The molecule has 0 radical (unpaired) electrons. The number of guanidine groups is 1. The summed E-state index contributed by atoms with van der Waals surface area (Å²) in [4.78, 5) is 8.33. The highest BCUT2D eigenvalue weighted by molar-refractivity contribution is 5.79. The van der Waals surface area contributed by atoms with E-state index in [1.807, 2.05) is 26.0 Å². The fourth-order valence-electron chi connectivity index (χ4n) is 1.27. The van der Waals surface area contributed by atoms with E-state index in [0.29, 0.717) is 5.92 Å². The van der Waals surface area contributed by atoms with E-state index in [2.05, 4.69) is 30.3 Å². The van der Waals surface area contributed by atoms with Gasteiger partial charge in [-0.25, -0.2) is 4.99 Å². The third kappa shape index (κ3) is 4.55. The zero-order valence-electron chi connectivity index (χ0n) is 9.41. The Bertz CT molecular complexity index is 183. The van der Waals surface area contributed by atoms with Crippen molar-refractivity contribution in [3.05, 3.63) is 12.8 Å². The monoisotopic (exact) mass is 183 g/mol. The second kappa shape index (κ2) is 5.62. The lowest BCUT2D eigenvalue weighted by Crippen LogP contribution is -2.39. The van der Waals surface area contributed by atoms with E-state index in [9.17, 15) is 0 Å². The van der Waals surface area contributed by atoms with E-state index in [1.54, 1.807) is 6.20 Å². The van der Waals surface area contributed by atoms with Crippen LogP contribution < -0.4 is 0 Å². The fourth-order valence-corrected chi connectivity index (χ4v) is 1.27. The van der Waals surface area contributed by atoms with Crippen LogP contribution in [0.3, 0.4) is 0 Å². The average Bonchev–Trinajstić information content (AvgIpc) is 1.97. The number of hydrogen-bond donors (Lipinski definition) is 0. The molecule has 13 heavy (non-hydrogen) atoms. The van der Waals surface area contributed by atoms with Crippen LogP contribution >= 0.6 is 0 Å². The van der Waals surface area contributed by atoms with Crippen LogP contribution in [0.4, 0.5) is 0 Å². The zero-order valence-corrected chi connectivity index (χ0v) is 9.41. The minimum Gasteiger partial charge on any atom is -0.349 e. The molecule has 0 saturated carbocycles. The van der Waals surface area contributed by atoms with Crippen molar-refractivity contribution in [1.82, 2.24) is 9.80 Å². The summed E-state index contributed by atoms with van der Waals surface area (Å²) in [7, 11) is 6.01. The van der Waals surface area contributed by atoms with Crippen molar-refractivity contribution in [3.8, 4) is 0 Å². The molecule has 0 aliphatic carbocycles. The molecule has 0 aliphatic heterocycles. The highest BCUT2D eigenvalue weighted by atomic mass is 15.3. The molecule has 0 fully saturated rings. The van der Waals surface area contributed by atoms with E-state index in [-0.39, 0.29) is 0 Å². The molecule has 0 rings (SSSR count). The number of hydrogen-bond acceptors (Lipinski definition) is 1. The maximum Gasteiger partial charge on any atom is 0.200 e. The first-order valence-electron chi connectivity index (χ1n) is 4.56. The van der Waals surface area contributed by atoms with Gasteiger partial charge in [-0.15, -0.1) is 0 Å². The summed E-state index contributed by atoms with van der Waals surface area (Å²) in [5.41, 5.74) is 0. The number of aliphatic imine (C=N–C) groups is 1. The second-order valence-corrected chi connectivity index (χ2v) is 3.78. The van der Waals surface area contributed by atoms with Crippen LogP contribution in [0.15, 0.2) is 17.8 Å². The van der Waals surface area contributed by atoms with Crippen molar-refractivity contribution < 1.29 is 0 Å². The summed E-state index contributed by atoms with van der Waals surface area (Å²) in [6, 6.07) is 0. The summed E-state index contributed by atoms with van der Waals surface area (Å²) >= 11 is 0. The van der Waals surface area contributed by atoms with Gasteiger partial charge in [0, 0.05) is 33.9 Å². The van der Waals surface area contributed by atoms with Crippen molar-refractivity contribution in [2.75, 3.05) is 27.7 Å². The highest BCUT2D eigenvalue weighted by Gasteiger charge is 2.08. The molecule has 0 aliphatic rings. The van der Waals surface area contributed by atoms with Gasteiger partial charge in [0.05, 0.1) is 0 Å². The molecule has 3 heteroatoms. The molecule has 0 spiro atoms. The largest absolute Gasteiger partial charge is 0.349 e. The summed E-state index contributed by atoms with van der Waals surface area (Å²) in [6.07, 6.45) is 1.58. The molecule has 0 aromatic carbocycles. The third-order valence-electron chi connectivity index (χ3n) is 1.59. The minimum atomic E-state index is 0.639. The van der Waals surface area contributed by atoms with E-state index >= 15 is 0 Å². The molecule has 0 N–H and O–H groups in total. The van der Waals surface area contributed by atoms with Gasteiger partial charge in [0.1, 0.15) is 0 Å². The van der Waals surface area contributed by atoms with Crippen molar-refractivity contribution in [1.29, 1.82) is 0 Å². The molecule has 0 atom stereocenters. The van der Waals surface area contributed by atoms with Crippen LogP contribution in [0.1, 0.15) is 13.8 Å². The second-order valence-electron chi connectivity index (χ2n) is 3.78. The normalized spacial score (nSPS) is 11.7. The molecule has 0 aromatic rings. The van der Waals surface area contributed by atoms with Crippen LogP contribution in [0.2, 0.25) is 0 Å². The predicted molar refractivity (Wildman–Crippen MR) is 58.8 cm³/mol. The Morgan fingerprint density at radius 2 is 1.92 bits per heavy atom. The summed E-state index contributed by atoms with van der Waals surface area (Å²) in [5, 5.41) is 0. The van der Waals surface area contributed by atoms with Crippen LogP contribution in [-0.4, -0.2) is 43.4 Å². The first kappa shape index (κ1) is 12.0. The van der Waals surface area contributed by atoms with Gasteiger partial charge < -0.3 is 9.80 Å². The zero-order chi connectivity index (χ0) is 10.4. The third-order valence-corrected chi connectivity index (χ3v) is 1.59. The van der Waals surface area contributed by atoms with Crippen molar-refractivity contribution in [3.63, 3.8) is 0 Å². The molecular weight excluding hydrogens is 162 g/mol. The lowest BCUT2D eigenvalue weighted by atomic mass is 10.2. The van der Waals surface area contributed by atoms with E-state index in [4.69, 9.17) is 0 Å². The molecule has 76 valence electrons. The Morgan fingerprint density at radius 3 is 2.23 bits per heavy atom. The van der Waals surface area contributed by atoms with Crippen LogP contribution in [0.25, 0.3) is 0 Å². The Morgan fingerprint density at radius 1 is 1.38 bits per heavy atom. The Kier molecular flexibility index (Phi) is 5.19. The average molecular weight is 183 g/mol. The van der Waals surface area contributed by atoms with Crippen molar-refractivity contribution in [2.24, 2.45) is 10.9 Å². The summed E-state index contributed by atoms with van der Waals surface area (Å²) in [6.45, 7) is 8.99. The van der Waals surface area contributed by atoms with Crippen LogP contribution in [0, 0.1) is 5.92 Å². The minimum absolute atomic E-state index is 0.639. The maximum atomic E-state index is 4.21. The van der Waals surface area contributed by atoms with Crippen molar-refractivity contribution >= 4 is 5.96 Å². The van der Waals surface area contributed by atoms with Gasteiger partial charge in [0.25, 0.3) is 0 Å². The van der Waals surface area contributed by atoms with Gasteiger partial charge in [0.15, 0.2) is 5.96 Å². The first-order valence-corrected chi connectivity index (χ1v) is 4.56. The molecule has 0 aromatic heterocycles. The van der Waals surface area contributed by atoms with Crippen LogP contribution in [0.5, 0.6) is 0 Å². The van der Waals surface area contributed by atoms with Gasteiger partial charge in [-0.2, -0.15) is 0 Å². The van der Waals surface area contributed by atoms with Gasteiger partial charge in [0.2, 0.25) is 0 Å². The summed E-state index contributed by atoms with van der Waals surface area (Å²) < 4.78 is 0. The predicted octanol–water partition coefficient (Wildman–Crippen LogP) is 1.64. The van der Waals surface area contributed by atoms with Gasteiger partial charge in [-0.05, 0) is 5.92 Å². The van der Waals surface area contributed by atoms with Gasteiger partial charge >= 0.3 is 0 Å². The van der Waals surface area contributed by atoms with E-state index in [0.717, 1.165) is 12.5 Å². The standard InChI is InChI=1S/C10H21N3/c1-7-11-10(12(4)5)13(6)8-9(2)3/h7,9H,1,8H2,2-6H3. The molecule has 3 nitrogen and oxygen atoms in total. The molecule has 0 heterocycles. The Labute approximate surface area is 81.7 Å². The number of nitrogens with zero attached hydrogens (tertiary/aromatic N) is 3. The fraction of sp³-hybridized carbons (Fsp3) is 0.700. The Hall–Kier alpha value is -0.990. The van der Waals surface area contributed by atoms with Gasteiger partial charge in [-0.3, -0.25) is 0 Å². The van der Waals surface area contributed by atoms with Crippen molar-refractivity contribution in [2.45, 2.75) is 13.8 Å². The summed E-state index contributed by atoms with van der Waals surface area (Å²) in [5.74, 6) is 1.59. The molecule has 0 bridgehead atoms. The Balaban J connectivity index is 4.37. The van der Waals surface area contributed by atoms with Crippen LogP contribution in [-0.2, 0) is 0 Å². The number of rotatable bonds is 3. The van der Waals surface area contributed by atoms with E-state index in [1.165, 1.54) is 0 Å². The molecule has 0 amide bonds. The van der Waals surface area contributed by atoms with Gasteiger partial charge in [-0.1, -0.05) is 20.4 Å². The lowest BCUT2D eigenvalue weighted by Gasteiger charge is -2.27. The lowest BCUT2D eigenvalue weighted by molar-refractivity contribution is 0.377. The molecule has 0 unspecified atom stereocenters. The maximum absolute atomic E-state index is 4.21. The van der Waals surface area contributed by atoms with E-state index < -0.39 is 0 Å². The molecule has 0 saturated heterocycles. The quantitative estimate of drug-likeness (QED) is 0.489.